The van der Waals surface area contributed by atoms with E-state index in [9.17, 15) is 18.0 Å². The van der Waals surface area contributed by atoms with E-state index in [-0.39, 0.29) is 23.4 Å². The van der Waals surface area contributed by atoms with Crippen LogP contribution in [-0.2, 0) is 26.2 Å². The van der Waals surface area contributed by atoms with E-state index in [1.54, 1.807) is 43.3 Å². The van der Waals surface area contributed by atoms with Gasteiger partial charge in [-0.3, -0.25) is 13.9 Å². The molecule has 0 aliphatic rings. The number of sulfonamides is 1. The number of hydrogen-bond donors (Lipinski definition) is 1. The SMILES string of the molecule is CC[C@@H](C)NC(=O)[C@@H](C)N(Cc1cccc(C)c1)C(=O)CN(c1ccc(C)cc1)S(=O)(=O)c1ccc(OC)cc1. The van der Waals surface area contributed by atoms with Crippen molar-refractivity contribution in [3.63, 3.8) is 0 Å². The van der Waals surface area contributed by atoms with Crippen LogP contribution in [0.3, 0.4) is 0 Å². The van der Waals surface area contributed by atoms with Crippen molar-refractivity contribution in [1.82, 2.24) is 10.2 Å². The van der Waals surface area contributed by atoms with E-state index < -0.39 is 28.5 Å². The zero-order chi connectivity index (χ0) is 29.4. The zero-order valence-electron chi connectivity index (χ0n) is 24.0. The van der Waals surface area contributed by atoms with Crippen LogP contribution in [0.2, 0.25) is 0 Å². The Morgan fingerprint density at radius 3 is 2.15 bits per heavy atom. The van der Waals surface area contributed by atoms with Crippen molar-refractivity contribution < 1.29 is 22.7 Å². The summed E-state index contributed by atoms with van der Waals surface area (Å²) in [4.78, 5) is 28.6. The number of nitrogens with zero attached hydrogens (tertiary/aromatic N) is 2. The second-order valence-corrected chi connectivity index (χ2v) is 11.9. The molecule has 2 amide bonds. The molecular formula is C31H39N3O5S. The topological polar surface area (TPSA) is 96.0 Å². The molecule has 0 unspecified atom stereocenters. The molecule has 1 N–H and O–H groups in total. The van der Waals surface area contributed by atoms with E-state index in [0.717, 1.165) is 27.4 Å². The molecule has 0 saturated heterocycles. The highest BCUT2D eigenvalue weighted by Crippen LogP contribution is 2.26. The molecule has 2 atom stereocenters. The Balaban J connectivity index is 2.02. The number of carbonyl (C=O) groups is 2. The van der Waals surface area contributed by atoms with E-state index in [0.29, 0.717) is 11.4 Å². The van der Waals surface area contributed by atoms with Crippen molar-refractivity contribution in [2.24, 2.45) is 0 Å². The van der Waals surface area contributed by atoms with Crippen LogP contribution in [-0.4, -0.2) is 50.9 Å². The number of nitrogens with one attached hydrogen (secondary N) is 1. The second-order valence-electron chi connectivity index (χ2n) is 10.0. The van der Waals surface area contributed by atoms with Crippen molar-refractivity contribution in [2.75, 3.05) is 18.0 Å². The van der Waals surface area contributed by atoms with E-state index in [1.807, 2.05) is 52.0 Å². The lowest BCUT2D eigenvalue weighted by atomic mass is 10.1. The molecule has 3 aromatic carbocycles. The fourth-order valence-electron chi connectivity index (χ4n) is 4.17. The summed E-state index contributed by atoms with van der Waals surface area (Å²) in [6, 6.07) is 19.8. The number of carbonyl (C=O) groups excluding carboxylic acids is 2. The van der Waals surface area contributed by atoms with Crippen molar-refractivity contribution in [2.45, 2.75) is 64.6 Å². The van der Waals surface area contributed by atoms with Gasteiger partial charge < -0.3 is 15.0 Å². The van der Waals surface area contributed by atoms with Crippen molar-refractivity contribution >= 4 is 27.5 Å². The van der Waals surface area contributed by atoms with E-state index in [1.165, 1.54) is 24.1 Å². The molecule has 0 aromatic heterocycles. The number of benzene rings is 3. The summed E-state index contributed by atoms with van der Waals surface area (Å²) in [6.45, 7) is 9.06. The normalized spacial score (nSPS) is 12.8. The number of aryl methyl sites for hydroxylation is 2. The zero-order valence-corrected chi connectivity index (χ0v) is 24.9. The molecule has 0 aliphatic carbocycles. The number of rotatable bonds is 12. The molecule has 0 spiro atoms. The third-order valence-corrected chi connectivity index (χ3v) is 8.64. The summed E-state index contributed by atoms with van der Waals surface area (Å²) in [5.74, 6) is -0.274. The number of hydrogen-bond acceptors (Lipinski definition) is 5. The van der Waals surface area contributed by atoms with Gasteiger partial charge in [-0.15, -0.1) is 0 Å². The molecule has 40 heavy (non-hydrogen) atoms. The van der Waals surface area contributed by atoms with Gasteiger partial charge in [0, 0.05) is 12.6 Å². The molecule has 0 bridgehead atoms. The van der Waals surface area contributed by atoms with Gasteiger partial charge in [-0.2, -0.15) is 0 Å². The fourth-order valence-corrected chi connectivity index (χ4v) is 5.58. The third-order valence-electron chi connectivity index (χ3n) is 6.85. The molecule has 214 valence electrons. The number of anilines is 1. The van der Waals surface area contributed by atoms with Crippen molar-refractivity contribution in [1.29, 1.82) is 0 Å². The maximum absolute atomic E-state index is 14.0. The predicted octanol–water partition coefficient (Wildman–Crippen LogP) is 4.84. The van der Waals surface area contributed by atoms with Crippen molar-refractivity contribution in [3.8, 4) is 5.75 Å². The van der Waals surface area contributed by atoms with Crippen LogP contribution in [0.5, 0.6) is 5.75 Å². The van der Waals surface area contributed by atoms with Gasteiger partial charge in [-0.1, -0.05) is 54.4 Å². The van der Waals surface area contributed by atoms with E-state index in [2.05, 4.69) is 5.32 Å². The smallest absolute Gasteiger partial charge is 0.264 e. The van der Waals surface area contributed by atoms with Gasteiger partial charge in [0.1, 0.15) is 18.3 Å². The Labute approximate surface area is 238 Å². The first-order chi connectivity index (χ1) is 19.0. The Hall–Kier alpha value is -3.85. The Bertz CT molecular complexity index is 1410. The summed E-state index contributed by atoms with van der Waals surface area (Å²) < 4.78 is 34.1. The van der Waals surface area contributed by atoms with Gasteiger partial charge in [0.05, 0.1) is 17.7 Å². The third kappa shape index (κ3) is 7.63. The fraction of sp³-hybridized carbons (Fsp3) is 0.355. The number of methoxy groups -OCH3 is 1. The molecule has 8 nitrogen and oxygen atoms in total. The number of amides is 2. The summed E-state index contributed by atoms with van der Waals surface area (Å²) in [5.41, 5.74) is 3.16. The minimum Gasteiger partial charge on any atom is -0.497 e. The molecule has 0 radical (unpaired) electrons. The van der Waals surface area contributed by atoms with Crippen LogP contribution in [0.15, 0.2) is 77.7 Å². The minimum absolute atomic E-state index is 0.0227. The lowest BCUT2D eigenvalue weighted by Crippen LogP contribution is -2.52. The molecule has 0 heterocycles. The maximum atomic E-state index is 14.0. The number of ether oxygens (including phenoxy) is 1. The first-order valence-corrected chi connectivity index (χ1v) is 14.8. The van der Waals surface area contributed by atoms with Gasteiger partial charge in [0.25, 0.3) is 10.0 Å². The average molecular weight is 566 g/mol. The Morgan fingerprint density at radius 1 is 0.925 bits per heavy atom. The van der Waals surface area contributed by atoms with Gasteiger partial charge in [-0.05, 0) is 76.1 Å². The van der Waals surface area contributed by atoms with Crippen LogP contribution in [0.1, 0.15) is 43.9 Å². The van der Waals surface area contributed by atoms with Crippen molar-refractivity contribution in [3.05, 3.63) is 89.5 Å². The lowest BCUT2D eigenvalue weighted by Gasteiger charge is -2.32. The summed E-state index contributed by atoms with van der Waals surface area (Å²) in [6.07, 6.45) is 0.742. The standard InChI is InChI=1S/C31H39N3O5S/c1-7-24(4)32-31(36)25(5)33(20-26-10-8-9-23(3)19-26)30(35)21-34(27-13-11-22(2)12-14-27)40(37,38)29-17-15-28(39-6)16-18-29/h8-19,24-25H,7,20-21H2,1-6H3,(H,32,36)/t24-,25-/m1/s1. The van der Waals surface area contributed by atoms with Crippen LogP contribution >= 0.6 is 0 Å². The first kappa shape index (κ1) is 30.7. The molecule has 0 saturated carbocycles. The van der Waals surface area contributed by atoms with E-state index in [4.69, 9.17) is 4.74 Å². The molecule has 3 rings (SSSR count). The molecule has 3 aromatic rings. The first-order valence-electron chi connectivity index (χ1n) is 13.3. The monoisotopic (exact) mass is 565 g/mol. The quantitative estimate of drug-likeness (QED) is 0.339. The Morgan fingerprint density at radius 2 is 1.57 bits per heavy atom. The molecule has 0 aliphatic heterocycles. The predicted molar refractivity (Wildman–Crippen MR) is 158 cm³/mol. The van der Waals surface area contributed by atoms with Crippen LogP contribution < -0.4 is 14.4 Å². The highest BCUT2D eigenvalue weighted by Gasteiger charge is 2.32. The minimum atomic E-state index is -4.14. The summed E-state index contributed by atoms with van der Waals surface area (Å²) in [5, 5.41) is 2.94. The molecule has 0 fully saturated rings. The van der Waals surface area contributed by atoms with Gasteiger partial charge >= 0.3 is 0 Å². The van der Waals surface area contributed by atoms with Gasteiger partial charge in [-0.25, -0.2) is 8.42 Å². The molecular weight excluding hydrogens is 526 g/mol. The van der Waals surface area contributed by atoms with Gasteiger partial charge in [0.2, 0.25) is 11.8 Å². The maximum Gasteiger partial charge on any atom is 0.264 e. The lowest BCUT2D eigenvalue weighted by molar-refractivity contribution is -0.139. The summed E-state index contributed by atoms with van der Waals surface area (Å²) >= 11 is 0. The van der Waals surface area contributed by atoms with E-state index >= 15 is 0 Å². The molecule has 9 heteroatoms. The van der Waals surface area contributed by atoms with Crippen LogP contribution in [0.4, 0.5) is 5.69 Å². The van der Waals surface area contributed by atoms with Gasteiger partial charge in [0.15, 0.2) is 0 Å². The highest BCUT2D eigenvalue weighted by atomic mass is 32.2. The second kappa shape index (κ2) is 13.5. The average Bonchev–Trinajstić information content (AvgIpc) is 2.94. The largest absolute Gasteiger partial charge is 0.497 e. The highest BCUT2D eigenvalue weighted by molar-refractivity contribution is 7.92. The summed E-state index contributed by atoms with van der Waals surface area (Å²) in [7, 11) is -2.64. The van der Waals surface area contributed by atoms with Crippen LogP contribution in [0, 0.1) is 13.8 Å². The Kier molecular flexibility index (Phi) is 10.3. The van der Waals surface area contributed by atoms with Crippen LogP contribution in [0.25, 0.3) is 0 Å².